The van der Waals surface area contributed by atoms with Gasteiger partial charge in [-0.25, -0.2) is 0 Å². The summed E-state index contributed by atoms with van der Waals surface area (Å²) in [7, 11) is 0. The Morgan fingerprint density at radius 3 is 2.69 bits per heavy atom. The van der Waals surface area contributed by atoms with Crippen molar-refractivity contribution in [3.8, 4) is 17.6 Å². The molecule has 0 radical (unpaired) electrons. The molecule has 0 aromatic heterocycles. The average Bonchev–Trinajstić information content (AvgIpc) is 2.68. The number of anilines is 1. The topological polar surface area (TPSA) is 71.3 Å². The molecule has 0 aliphatic rings. The van der Waals surface area contributed by atoms with E-state index in [-0.39, 0.29) is 12.2 Å². The van der Waals surface area contributed by atoms with E-state index in [4.69, 9.17) is 21.1 Å². The third-order valence-corrected chi connectivity index (χ3v) is 4.28. The predicted molar refractivity (Wildman–Crippen MR) is 116 cm³/mol. The molecule has 0 saturated heterocycles. The van der Waals surface area contributed by atoms with E-state index < -0.39 is 5.91 Å². The van der Waals surface area contributed by atoms with Crippen molar-refractivity contribution in [1.82, 2.24) is 0 Å². The molecule has 0 saturated carbocycles. The number of carbonyl (C=O) groups is 1. The maximum Gasteiger partial charge on any atom is 0.266 e. The highest BCUT2D eigenvalue weighted by molar-refractivity contribution is 6.32. The Morgan fingerprint density at radius 1 is 1.28 bits per heavy atom. The standard InChI is InChI=1S/C23H23ClN2O3/c1-5-9-29-22-19(24)12-17(13-21(22)28-6-2)11-18(14-25)23(27)26-20-10-15(3)7-8-16(20)4/h5,7-8,10-13H,1,6,9H2,2-4H3,(H,26,27)/b18-11+. The second-order valence-electron chi connectivity index (χ2n) is 6.30. The van der Waals surface area contributed by atoms with Crippen LogP contribution in [0.25, 0.3) is 6.08 Å². The highest BCUT2D eigenvalue weighted by Gasteiger charge is 2.15. The van der Waals surface area contributed by atoms with Gasteiger partial charge in [-0.3, -0.25) is 4.79 Å². The molecule has 0 unspecified atom stereocenters. The van der Waals surface area contributed by atoms with Crippen molar-refractivity contribution < 1.29 is 14.3 Å². The van der Waals surface area contributed by atoms with Crippen molar-refractivity contribution in [3.05, 3.63) is 70.3 Å². The SMILES string of the molecule is C=CCOc1c(Cl)cc(/C=C(\C#N)C(=O)Nc2cc(C)ccc2C)cc1OCC. The van der Waals surface area contributed by atoms with Crippen LogP contribution in [-0.4, -0.2) is 19.1 Å². The zero-order valence-corrected chi connectivity index (χ0v) is 17.5. The molecule has 0 fully saturated rings. The molecular weight excluding hydrogens is 388 g/mol. The van der Waals surface area contributed by atoms with Crippen molar-refractivity contribution in [2.24, 2.45) is 0 Å². The molecule has 1 N–H and O–H groups in total. The van der Waals surface area contributed by atoms with Gasteiger partial charge in [-0.15, -0.1) is 0 Å². The highest BCUT2D eigenvalue weighted by Crippen LogP contribution is 2.37. The summed E-state index contributed by atoms with van der Waals surface area (Å²) in [5.41, 5.74) is 3.09. The van der Waals surface area contributed by atoms with Crippen LogP contribution in [0.1, 0.15) is 23.6 Å². The van der Waals surface area contributed by atoms with Crippen LogP contribution >= 0.6 is 11.6 Å². The number of hydrogen-bond donors (Lipinski definition) is 1. The van der Waals surface area contributed by atoms with Gasteiger partial charge >= 0.3 is 0 Å². The van der Waals surface area contributed by atoms with Crippen LogP contribution in [0.5, 0.6) is 11.5 Å². The van der Waals surface area contributed by atoms with Gasteiger partial charge in [0, 0.05) is 5.69 Å². The van der Waals surface area contributed by atoms with Crippen molar-refractivity contribution in [2.45, 2.75) is 20.8 Å². The zero-order valence-electron chi connectivity index (χ0n) is 16.7. The second kappa shape index (κ2) is 10.4. The molecule has 0 heterocycles. The first-order chi connectivity index (χ1) is 13.9. The van der Waals surface area contributed by atoms with Crippen molar-refractivity contribution in [1.29, 1.82) is 5.26 Å². The van der Waals surface area contributed by atoms with Crippen LogP contribution in [0.4, 0.5) is 5.69 Å². The largest absolute Gasteiger partial charge is 0.490 e. The molecular formula is C23H23ClN2O3. The first kappa shape index (κ1) is 22.1. The van der Waals surface area contributed by atoms with E-state index >= 15 is 0 Å². The number of benzene rings is 2. The van der Waals surface area contributed by atoms with Crippen LogP contribution in [0, 0.1) is 25.2 Å². The molecule has 2 aromatic rings. The third kappa shape index (κ3) is 5.87. The highest BCUT2D eigenvalue weighted by atomic mass is 35.5. The molecule has 150 valence electrons. The van der Waals surface area contributed by atoms with E-state index in [9.17, 15) is 10.1 Å². The number of rotatable bonds is 8. The predicted octanol–water partition coefficient (Wildman–Crippen LogP) is 5.47. The maximum atomic E-state index is 12.6. The Bertz CT molecular complexity index is 990. The number of ether oxygens (including phenoxy) is 2. The molecule has 0 spiro atoms. The smallest absolute Gasteiger partial charge is 0.266 e. The Balaban J connectivity index is 2.36. The van der Waals surface area contributed by atoms with Gasteiger partial charge in [-0.2, -0.15) is 5.26 Å². The van der Waals surface area contributed by atoms with Gasteiger partial charge in [0.05, 0.1) is 11.6 Å². The molecule has 5 nitrogen and oxygen atoms in total. The molecule has 29 heavy (non-hydrogen) atoms. The number of nitriles is 1. The van der Waals surface area contributed by atoms with Gasteiger partial charge in [0.25, 0.3) is 5.91 Å². The molecule has 0 atom stereocenters. The quantitative estimate of drug-likeness (QED) is 0.356. The van der Waals surface area contributed by atoms with Gasteiger partial charge in [0.15, 0.2) is 11.5 Å². The fourth-order valence-electron chi connectivity index (χ4n) is 2.59. The Morgan fingerprint density at radius 2 is 2.03 bits per heavy atom. The fraction of sp³-hybridized carbons (Fsp3) is 0.217. The fourth-order valence-corrected chi connectivity index (χ4v) is 2.87. The van der Waals surface area contributed by atoms with E-state index in [0.717, 1.165) is 11.1 Å². The van der Waals surface area contributed by atoms with Gasteiger partial charge in [0.1, 0.15) is 18.2 Å². The summed E-state index contributed by atoms with van der Waals surface area (Å²) >= 11 is 6.33. The van der Waals surface area contributed by atoms with Crippen molar-refractivity contribution in [3.63, 3.8) is 0 Å². The van der Waals surface area contributed by atoms with Crippen LogP contribution in [-0.2, 0) is 4.79 Å². The third-order valence-electron chi connectivity index (χ3n) is 3.99. The number of amides is 1. The lowest BCUT2D eigenvalue weighted by molar-refractivity contribution is -0.112. The molecule has 0 aliphatic heterocycles. The van der Waals surface area contributed by atoms with Gasteiger partial charge in [-0.1, -0.05) is 36.4 Å². The average molecular weight is 411 g/mol. The molecule has 2 rings (SSSR count). The van der Waals surface area contributed by atoms with Crippen LogP contribution < -0.4 is 14.8 Å². The zero-order chi connectivity index (χ0) is 21.4. The summed E-state index contributed by atoms with van der Waals surface area (Å²) in [5.74, 6) is 0.325. The summed E-state index contributed by atoms with van der Waals surface area (Å²) in [5, 5.41) is 12.6. The summed E-state index contributed by atoms with van der Waals surface area (Å²) < 4.78 is 11.2. The molecule has 0 bridgehead atoms. The first-order valence-electron chi connectivity index (χ1n) is 9.10. The molecule has 0 aliphatic carbocycles. The number of halogens is 1. The van der Waals surface area contributed by atoms with Gasteiger partial charge in [0.2, 0.25) is 0 Å². The number of nitrogens with one attached hydrogen (secondary N) is 1. The molecule has 6 heteroatoms. The molecule has 1 amide bonds. The van der Waals surface area contributed by atoms with E-state index in [0.29, 0.717) is 34.4 Å². The summed E-state index contributed by atoms with van der Waals surface area (Å²) in [6.45, 7) is 9.96. The molecule has 2 aromatic carbocycles. The van der Waals surface area contributed by atoms with E-state index in [2.05, 4.69) is 11.9 Å². The normalized spacial score (nSPS) is 10.8. The van der Waals surface area contributed by atoms with E-state index in [1.165, 1.54) is 6.08 Å². The lowest BCUT2D eigenvalue weighted by Crippen LogP contribution is -2.14. The minimum atomic E-state index is -0.498. The van der Waals surface area contributed by atoms with Crippen LogP contribution in [0.2, 0.25) is 5.02 Å². The Hall–Kier alpha value is -3.23. The van der Waals surface area contributed by atoms with Crippen LogP contribution in [0.3, 0.4) is 0 Å². The van der Waals surface area contributed by atoms with E-state index in [1.54, 1.807) is 18.2 Å². The maximum absolute atomic E-state index is 12.6. The van der Waals surface area contributed by atoms with Crippen LogP contribution in [0.15, 0.2) is 48.6 Å². The number of hydrogen-bond acceptors (Lipinski definition) is 4. The second-order valence-corrected chi connectivity index (χ2v) is 6.71. The van der Waals surface area contributed by atoms with Gasteiger partial charge < -0.3 is 14.8 Å². The minimum Gasteiger partial charge on any atom is -0.490 e. The number of carbonyl (C=O) groups excluding carboxylic acids is 1. The lowest BCUT2D eigenvalue weighted by Gasteiger charge is -2.13. The van der Waals surface area contributed by atoms with Crippen molar-refractivity contribution in [2.75, 3.05) is 18.5 Å². The number of aryl methyl sites for hydroxylation is 2. The monoisotopic (exact) mass is 410 g/mol. The number of nitrogens with zero attached hydrogens (tertiary/aromatic N) is 1. The lowest BCUT2D eigenvalue weighted by atomic mass is 10.1. The minimum absolute atomic E-state index is 0.0517. The summed E-state index contributed by atoms with van der Waals surface area (Å²) in [6.07, 6.45) is 3.07. The summed E-state index contributed by atoms with van der Waals surface area (Å²) in [4.78, 5) is 12.6. The summed E-state index contributed by atoms with van der Waals surface area (Å²) in [6, 6.07) is 11.0. The Labute approximate surface area is 176 Å². The first-order valence-corrected chi connectivity index (χ1v) is 9.47. The van der Waals surface area contributed by atoms with E-state index in [1.807, 2.05) is 45.0 Å². The Kier molecular flexibility index (Phi) is 7.88. The van der Waals surface area contributed by atoms with Gasteiger partial charge in [-0.05, 0) is 61.7 Å². The van der Waals surface area contributed by atoms with Crippen molar-refractivity contribution >= 4 is 29.3 Å².